The van der Waals surface area contributed by atoms with Crippen LogP contribution in [-0.4, -0.2) is 54.7 Å². The highest BCUT2D eigenvalue weighted by atomic mass is 32.2. The summed E-state index contributed by atoms with van der Waals surface area (Å²) in [6.45, 7) is 2.40. The first-order chi connectivity index (χ1) is 15.8. The summed E-state index contributed by atoms with van der Waals surface area (Å²) in [5.41, 5.74) is 2.12. The van der Waals surface area contributed by atoms with E-state index < -0.39 is 21.5 Å². The van der Waals surface area contributed by atoms with Gasteiger partial charge in [0.2, 0.25) is 10.0 Å². The second kappa shape index (κ2) is 9.02. The van der Waals surface area contributed by atoms with Crippen molar-refractivity contribution >= 4 is 15.9 Å². The fourth-order valence-corrected chi connectivity index (χ4v) is 5.41. The molecule has 0 radical (unpaired) electrons. The third-order valence-electron chi connectivity index (χ3n) is 5.62. The maximum Gasteiger partial charge on any atom is 0.261 e. The van der Waals surface area contributed by atoms with Crippen LogP contribution in [-0.2, 0) is 10.0 Å². The van der Waals surface area contributed by atoms with Gasteiger partial charge in [-0.3, -0.25) is 9.59 Å². The zero-order valence-electron chi connectivity index (χ0n) is 18.0. The first-order valence-electron chi connectivity index (χ1n) is 10.4. The quantitative estimate of drug-likeness (QED) is 0.639. The van der Waals surface area contributed by atoms with Crippen molar-refractivity contribution in [2.75, 3.05) is 26.2 Å². The number of nitrogens with one attached hydrogen (secondary N) is 1. The molecule has 8 nitrogen and oxygen atoms in total. The number of sulfonamides is 1. The van der Waals surface area contributed by atoms with E-state index in [1.807, 2.05) is 37.3 Å². The number of aromatic nitrogens is 1. The van der Waals surface area contributed by atoms with Crippen molar-refractivity contribution in [2.24, 2.45) is 0 Å². The molecule has 1 amide bonds. The fraction of sp³-hybridized carbons (Fsp3) is 0.208. The molecule has 0 bridgehead atoms. The molecule has 1 aliphatic rings. The predicted octanol–water partition coefficient (Wildman–Crippen LogP) is 2.37. The summed E-state index contributed by atoms with van der Waals surface area (Å²) in [6.07, 6.45) is 0. The number of hydrogen-bond acceptors (Lipinski definition) is 5. The largest absolute Gasteiger partial charge is 0.336 e. The maximum atomic E-state index is 13.0. The van der Waals surface area contributed by atoms with Crippen LogP contribution in [0.25, 0.3) is 11.3 Å². The molecule has 168 valence electrons. The van der Waals surface area contributed by atoms with Crippen molar-refractivity contribution in [1.29, 1.82) is 5.26 Å². The van der Waals surface area contributed by atoms with Crippen molar-refractivity contribution in [1.82, 2.24) is 14.2 Å². The second-order valence-corrected chi connectivity index (χ2v) is 9.69. The summed E-state index contributed by atoms with van der Waals surface area (Å²) in [7, 11) is -3.86. The Balaban J connectivity index is 1.49. The number of rotatable bonds is 4. The van der Waals surface area contributed by atoms with Crippen molar-refractivity contribution in [3.05, 3.63) is 87.7 Å². The number of aryl methyl sites for hydroxylation is 1. The van der Waals surface area contributed by atoms with Crippen molar-refractivity contribution in [3.63, 3.8) is 0 Å². The van der Waals surface area contributed by atoms with E-state index in [2.05, 4.69) is 4.98 Å². The number of carbonyl (C=O) groups is 1. The van der Waals surface area contributed by atoms with Gasteiger partial charge >= 0.3 is 0 Å². The van der Waals surface area contributed by atoms with Crippen LogP contribution in [0, 0.1) is 18.3 Å². The average molecular weight is 463 g/mol. The van der Waals surface area contributed by atoms with E-state index >= 15 is 0 Å². The van der Waals surface area contributed by atoms with Gasteiger partial charge in [-0.05, 0) is 42.8 Å². The molecule has 1 aromatic heterocycles. The molecule has 33 heavy (non-hydrogen) atoms. The molecule has 1 saturated heterocycles. The molecule has 2 heterocycles. The molecule has 9 heteroatoms. The molecule has 1 fully saturated rings. The molecular formula is C24H22N4O4S. The molecule has 1 aliphatic heterocycles. The van der Waals surface area contributed by atoms with Crippen LogP contribution < -0.4 is 5.56 Å². The zero-order chi connectivity index (χ0) is 23.6. The highest BCUT2D eigenvalue weighted by Gasteiger charge is 2.32. The summed E-state index contributed by atoms with van der Waals surface area (Å²) in [5, 5.41) is 9.23. The number of aromatic amines is 1. The Kier molecular flexibility index (Phi) is 6.14. The number of amides is 1. The Hall–Kier alpha value is -3.74. The van der Waals surface area contributed by atoms with Crippen LogP contribution in [0.15, 0.2) is 70.4 Å². The van der Waals surface area contributed by atoms with Gasteiger partial charge in [0.1, 0.15) is 11.6 Å². The molecule has 4 rings (SSSR count). The number of pyridine rings is 1. The van der Waals surface area contributed by atoms with Crippen LogP contribution in [0.2, 0.25) is 0 Å². The number of carbonyl (C=O) groups excluding carboxylic acids is 1. The van der Waals surface area contributed by atoms with Crippen molar-refractivity contribution in [3.8, 4) is 17.3 Å². The van der Waals surface area contributed by atoms with E-state index in [9.17, 15) is 23.3 Å². The van der Waals surface area contributed by atoms with E-state index in [0.29, 0.717) is 5.69 Å². The number of nitrogens with zero attached hydrogens (tertiary/aromatic N) is 3. The van der Waals surface area contributed by atoms with Crippen LogP contribution in [0.1, 0.15) is 21.5 Å². The molecule has 3 aromatic rings. The monoisotopic (exact) mass is 462 g/mol. The van der Waals surface area contributed by atoms with Gasteiger partial charge in [-0.25, -0.2) is 8.42 Å². The predicted molar refractivity (Wildman–Crippen MR) is 123 cm³/mol. The Bertz CT molecular complexity index is 1410. The normalized spacial score (nSPS) is 14.6. The van der Waals surface area contributed by atoms with E-state index in [4.69, 9.17) is 0 Å². The van der Waals surface area contributed by atoms with E-state index in [-0.39, 0.29) is 42.2 Å². The first-order valence-corrected chi connectivity index (χ1v) is 11.8. The molecule has 0 atom stereocenters. The number of H-pyrrole nitrogens is 1. The smallest absolute Gasteiger partial charge is 0.261 e. The minimum Gasteiger partial charge on any atom is -0.336 e. The zero-order valence-corrected chi connectivity index (χ0v) is 18.8. The maximum absolute atomic E-state index is 13.0. The first kappa shape index (κ1) is 22.5. The molecule has 1 N–H and O–H groups in total. The summed E-state index contributed by atoms with van der Waals surface area (Å²) in [4.78, 5) is 29.8. The van der Waals surface area contributed by atoms with Gasteiger partial charge in [0.15, 0.2) is 0 Å². The number of nitriles is 1. The van der Waals surface area contributed by atoms with Crippen LogP contribution >= 0.6 is 0 Å². The average Bonchev–Trinajstić information content (AvgIpc) is 2.83. The summed E-state index contributed by atoms with van der Waals surface area (Å²) < 4.78 is 27.2. The number of hydrogen-bond donors (Lipinski definition) is 1. The Morgan fingerprint density at radius 1 is 1.00 bits per heavy atom. The highest BCUT2D eigenvalue weighted by Crippen LogP contribution is 2.22. The van der Waals surface area contributed by atoms with Gasteiger partial charge in [-0.1, -0.05) is 35.9 Å². The third kappa shape index (κ3) is 4.44. The Morgan fingerprint density at radius 3 is 2.39 bits per heavy atom. The van der Waals surface area contributed by atoms with Gasteiger partial charge < -0.3 is 9.88 Å². The van der Waals surface area contributed by atoms with Gasteiger partial charge in [-0.2, -0.15) is 9.57 Å². The standard InChI is InChI=1S/C24H22N4O4S/c1-17-5-4-7-18(15-17)21-10-9-20(23(29)26-21)24(30)27-11-13-28(14-12-27)33(31,32)22-8-3-2-6-19(22)16-25/h2-10,15H,11-14H2,1H3,(H,26,29). The van der Waals surface area contributed by atoms with E-state index in [0.717, 1.165) is 11.1 Å². The third-order valence-corrected chi connectivity index (χ3v) is 7.58. The lowest BCUT2D eigenvalue weighted by molar-refractivity contribution is 0.0696. The van der Waals surface area contributed by atoms with Gasteiger partial charge in [-0.15, -0.1) is 0 Å². The Morgan fingerprint density at radius 2 is 1.73 bits per heavy atom. The van der Waals surface area contributed by atoms with Crippen LogP contribution in [0.3, 0.4) is 0 Å². The van der Waals surface area contributed by atoms with Gasteiger partial charge in [0.25, 0.3) is 11.5 Å². The minimum atomic E-state index is -3.86. The summed E-state index contributed by atoms with van der Waals surface area (Å²) >= 11 is 0. The van der Waals surface area contributed by atoms with Gasteiger partial charge in [0.05, 0.1) is 10.5 Å². The molecule has 0 aliphatic carbocycles. The lowest BCUT2D eigenvalue weighted by Gasteiger charge is -2.34. The van der Waals surface area contributed by atoms with Crippen molar-refractivity contribution in [2.45, 2.75) is 11.8 Å². The van der Waals surface area contributed by atoms with Crippen molar-refractivity contribution < 1.29 is 13.2 Å². The lowest BCUT2D eigenvalue weighted by Crippen LogP contribution is -2.51. The lowest BCUT2D eigenvalue weighted by atomic mass is 10.1. The SMILES string of the molecule is Cc1cccc(-c2ccc(C(=O)N3CCN(S(=O)(=O)c4ccccc4C#N)CC3)c(=O)[nH]2)c1. The van der Waals surface area contributed by atoms with E-state index in [1.54, 1.807) is 18.2 Å². The number of piperazine rings is 1. The van der Waals surface area contributed by atoms with Crippen LogP contribution in [0.5, 0.6) is 0 Å². The molecular weight excluding hydrogens is 440 g/mol. The molecule has 0 spiro atoms. The fourth-order valence-electron chi connectivity index (χ4n) is 3.85. The topological polar surface area (TPSA) is 114 Å². The van der Waals surface area contributed by atoms with Gasteiger partial charge in [0, 0.05) is 31.9 Å². The van der Waals surface area contributed by atoms with E-state index in [1.165, 1.54) is 27.4 Å². The molecule has 0 unspecified atom stereocenters. The molecule has 2 aromatic carbocycles. The number of benzene rings is 2. The summed E-state index contributed by atoms with van der Waals surface area (Å²) in [6, 6.07) is 18.8. The second-order valence-electron chi connectivity index (χ2n) is 7.79. The van der Waals surface area contributed by atoms with Crippen LogP contribution in [0.4, 0.5) is 0 Å². The highest BCUT2D eigenvalue weighted by molar-refractivity contribution is 7.89. The minimum absolute atomic E-state index is 0.0116. The summed E-state index contributed by atoms with van der Waals surface area (Å²) in [5.74, 6) is -0.443. The molecule has 0 saturated carbocycles. The Labute approximate surface area is 191 Å².